The van der Waals surface area contributed by atoms with Gasteiger partial charge >= 0.3 is 0 Å². The van der Waals surface area contributed by atoms with Gasteiger partial charge in [0.1, 0.15) is 11.4 Å². The van der Waals surface area contributed by atoms with Crippen LogP contribution in [0.25, 0.3) is 0 Å². The monoisotopic (exact) mass is 389 g/mol. The second-order valence-corrected chi connectivity index (χ2v) is 6.84. The van der Waals surface area contributed by atoms with Crippen LogP contribution in [-0.2, 0) is 10.3 Å². The van der Waals surface area contributed by atoms with Gasteiger partial charge in [-0.2, -0.15) is 0 Å². The quantitative estimate of drug-likeness (QED) is 0.790. The molecule has 0 radical (unpaired) electrons. The lowest BCUT2D eigenvalue weighted by Crippen LogP contribution is -2.34. The number of methoxy groups -OCH3 is 1. The molecule has 1 aromatic heterocycles. The lowest BCUT2D eigenvalue weighted by molar-refractivity contribution is -0.0516. The van der Waals surface area contributed by atoms with Gasteiger partial charge in [0.2, 0.25) is 0 Å². The number of anilines is 1. The second kappa shape index (κ2) is 6.56. The zero-order valence-electron chi connectivity index (χ0n) is 12.8. The summed E-state index contributed by atoms with van der Waals surface area (Å²) in [7, 11) is 3.71. The number of halogens is 1. The molecule has 0 amide bonds. The highest BCUT2D eigenvalue weighted by molar-refractivity contribution is 14.1. The Morgan fingerprint density at radius 2 is 1.85 bits per heavy atom. The summed E-state index contributed by atoms with van der Waals surface area (Å²) in [4.78, 5) is 9.61. The van der Waals surface area contributed by atoms with E-state index >= 15 is 0 Å². The predicted octanol–water partition coefficient (Wildman–Crippen LogP) is 4.05. The van der Waals surface area contributed by atoms with E-state index in [1.165, 1.54) is 19.3 Å². The predicted molar refractivity (Wildman–Crippen MR) is 90.2 cm³/mol. The Bertz CT molecular complexity index is 470. The van der Waals surface area contributed by atoms with Crippen molar-refractivity contribution in [2.24, 2.45) is 0 Å². The molecule has 0 unspecified atom stereocenters. The molecule has 0 aromatic carbocycles. The van der Waals surface area contributed by atoms with Crippen molar-refractivity contribution in [2.45, 2.75) is 57.5 Å². The highest BCUT2D eigenvalue weighted by Crippen LogP contribution is 2.40. The van der Waals surface area contributed by atoms with Gasteiger partial charge in [-0.05, 0) is 41.4 Å². The summed E-state index contributed by atoms with van der Waals surface area (Å²) in [5.74, 6) is 2.16. The number of nitrogens with zero attached hydrogens (tertiary/aromatic N) is 2. The highest BCUT2D eigenvalue weighted by Gasteiger charge is 2.37. The molecule has 112 valence electrons. The number of nitrogens with one attached hydrogen (secondary N) is 1. The van der Waals surface area contributed by atoms with Crippen LogP contribution in [0, 0.1) is 3.57 Å². The van der Waals surface area contributed by atoms with E-state index in [-0.39, 0.29) is 5.60 Å². The Labute approximate surface area is 135 Å². The SMILES string of the molecule is CNc1nc(C2(OC)CCCCC2)nc(C(C)C)c1I. The Morgan fingerprint density at radius 1 is 1.20 bits per heavy atom. The number of hydrogen-bond donors (Lipinski definition) is 1. The van der Waals surface area contributed by atoms with E-state index < -0.39 is 0 Å². The maximum absolute atomic E-state index is 5.88. The molecule has 1 aromatic rings. The van der Waals surface area contributed by atoms with Crippen LogP contribution in [0.15, 0.2) is 0 Å². The summed E-state index contributed by atoms with van der Waals surface area (Å²) in [5, 5.41) is 3.20. The third-order valence-corrected chi connectivity index (χ3v) is 5.18. The number of hydrogen-bond acceptors (Lipinski definition) is 4. The van der Waals surface area contributed by atoms with Crippen molar-refractivity contribution in [3.05, 3.63) is 15.1 Å². The van der Waals surface area contributed by atoms with Crippen LogP contribution in [-0.4, -0.2) is 24.1 Å². The standard InChI is InChI=1S/C15H24IN3O/c1-10(2)12-11(16)13(17-3)19-14(18-12)15(20-4)8-6-5-7-9-15/h10H,5-9H2,1-4H3,(H,17,18,19). The first-order valence-corrected chi connectivity index (χ1v) is 8.43. The zero-order chi connectivity index (χ0) is 14.8. The minimum Gasteiger partial charge on any atom is -0.372 e. The van der Waals surface area contributed by atoms with E-state index in [0.717, 1.165) is 33.7 Å². The van der Waals surface area contributed by atoms with Crippen molar-refractivity contribution in [3.8, 4) is 0 Å². The van der Waals surface area contributed by atoms with Gasteiger partial charge in [0.05, 0.1) is 9.26 Å². The van der Waals surface area contributed by atoms with Crippen LogP contribution in [0.3, 0.4) is 0 Å². The van der Waals surface area contributed by atoms with Crippen LogP contribution in [0.4, 0.5) is 5.82 Å². The van der Waals surface area contributed by atoms with E-state index in [1.54, 1.807) is 7.11 Å². The molecule has 1 aliphatic carbocycles. The third kappa shape index (κ3) is 2.93. The smallest absolute Gasteiger partial charge is 0.162 e. The number of aromatic nitrogens is 2. The summed E-state index contributed by atoms with van der Waals surface area (Å²) in [6.07, 6.45) is 5.70. The summed E-state index contributed by atoms with van der Waals surface area (Å²) < 4.78 is 7.00. The topological polar surface area (TPSA) is 47.0 Å². The molecular weight excluding hydrogens is 365 g/mol. The van der Waals surface area contributed by atoms with Gasteiger partial charge in [-0.15, -0.1) is 0 Å². The van der Waals surface area contributed by atoms with E-state index in [0.29, 0.717) is 5.92 Å². The first kappa shape index (κ1) is 15.9. The molecule has 1 N–H and O–H groups in total. The maximum Gasteiger partial charge on any atom is 0.162 e. The lowest BCUT2D eigenvalue weighted by atomic mass is 9.83. The Balaban J connectivity index is 2.52. The molecule has 20 heavy (non-hydrogen) atoms. The lowest BCUT2D eigenvalue weighted by Gasteiger charge is -2.35. The van der Waals surface area contributed by atoms with E-state index in [4.69, 9.17) is 14.7 Å². The van der Waals surface area contributed by atoms with Crippen molar-refractivity contribution in [2.75, 3.05) is 19.5 Å². The van der Waals surface area contributed by atoms with Gasteiger partial charge < -0.3 is 10.1 Å². The average Bonchev–Trinajstić information content (AvgIpc) is 2.47. The molecule has 5 heteroatoms. The van der Waals surface area contributed by atoms with Gasteiger partial charge in [0, 0.05) is 14.2 Å². The molecule has 1 aliphatic rings. The van der Waals surface area contributed by atoms with Gasteiger partial charge in [-0.3, -0.25) is 0 Å². The molecule has 1 heterocycles. The van der Waals surface area contributed by atoms with Gasteiger partial charge in [-0.25, -0.2) is 9.97 Å². The third-order valence-electron chi connectivity index (χ3n) is 4.12. The minimum absolute atomic E-state index is 0.294. The van der Waals surface area contributed by atoms with Gasteiger partial charge in [0.15, 0.2) is 5.82 Å². The van der Waals surface area contributed by atoms with Crippen molar-refractivity contribution >= 4 is 28.4 Å². The average molecular weight is 389 g/mol. The molecule has 0 bridgehead atoms. The molecule has 0 aliphatic heterocycles. The first-order valence-electron chi connectivity index (χ1n) is 7.35. The van der Waals surface area contributed by atoms with E-state index in [2.05, 4.69) is 41.8 Å². The molecule has 1 saturated carbocycles. The van der Waals surface area contributed by atoms with Crippen molar-refractivity contribution in [1.29, 1.82) is 0 Å². The van der Waals surface area contributed by atoms with Crippen LogP contribution in [0.5, 0.6) is 0 Å². The van der Waals surface area contributed by atoms with Crippen LogP contribution in [0.1, 0.15) is 63.4 Å². The van der Waals surface area contributed by atoms with Crippen LogP contribution >= 0.6 is 22.6 Å². The van der Waals surface area contributed by atoms with Crippen molar-refractivity contribution in [1.82, 2.24) is 9.97 Å². The molecule has 0 atom stereocenters. The Hall–Kier alpha value is -0.430. The fourth-order valence-electron chi connectivity index (χ4n) is 2.86. The molecule has 2 rings (SSSR count). The highest BCUT2D eigenvalue weighted by atomic mass is 127. The van der Waals surface area contributed by atoms with Gasteiger partial charge in [0.25, 0.3) is 0 Å². The molecule has 0 saturated heterocycles. The van der Waals surface area contributed by atoms with Crippen LogP contribution < -0.4 is 5.32 Å². The first-order chi connectivity index (χ1) is 9.54. The van der Waals surface area contributed by atoms with Gasteiger partial charge in [-0.1, -0.05) is 33.1 Å². The summed E-state index contributed by atoms with van der Waals surface area (Å²) >= 11 is 2.33. The Morgan fingerprint density at radius 3 is 2.35 bits per heavy atom. The minimum atomic E-state index is -0.294. The molecule has 0 spiro atoms. The van der Waals surface area contributed by atoms with Crippen molar-refractivity contribution in [3.63, 3.8) is 0 Å². The van der Waals surface area contributed by atoms with E-state index in [9.17, 15) is 0 Å². The fourth-order valence-corrected chi connectivity index (χ4v) is 3.99. The van der Waals surface area contributed by atoms with Crippen molar-refractivity contribution < 1.29 is 4.74 Å². The maximum atomic E-state index is 5.88. The summed E-state index contributed by atoms with van der Waals surface area (Å²) in [6.45, 7) is 4.35. The normalized spacial score (nSPS) is 18.3. The Kier molecular flexibility index (Phi) is 5.23. The largest absolute Gasteiger partial charge is 0.372 e. The summed E-state index contributed by atoms with van der Waals surface area (Å²) in [5.41, 5.74) is 0.819. The zero-order valence-corrected chi connectivity index (χ0v) is 15.0. The van der Waals surface area contributed by atoms with E-state index in [1.807, 2.05) is 7.05 Å². The second-order valence-electron chi connectivity index (χ2n) is 5.76. The fraction of sp³-hybridized carbons (Fsp3) is 0.733. The molecular formula is C15H24IN3O. The molecule has 4 nitrogen and oxygen atoms in total. The summed E-state index contributed by atoms with van der Waals surface area (Å²) in [6, 6.07) is 0. The van der Waals surface area contributed by atoms with Crippen LogP contribution in [0.2, 0.25) is 0 Å². The molecule has 1 fully saturated rings. The number of ether oxygens (including phenoxy) is 1. The number of rotatable bonds is 4.